The Morgan fingerprint density at radius 1 is 1.25 bits per heavy atom. The third-order valence-corrected chi connectivity index (χ3v) is 4.92. The van der Waals surface area contributed by atoms with Crippen LogP contribution in [-0.4, -0.2) is 29.6 Å². The van der Waals surface area contributed by atoms with E-state index in [1.54, 1.807) is 26.2 Å². The molecule has 0 amide bonds. The average Bonchev–Trinajstić information content (AvgIpc) is 2.51. The minimum atomic E-state index is -3.17. The summed E-state index contributed by atoms with van der Waals surface area (Å²) >= 11 is 3.39. The number of hydrogen-bond acceptors (Lipinski definition) is 4. The second-order valence-electron chi connectivity index (χ2n) is 4.96. The summed E-state index contributed by atoms with van der Waals surface area (Å²) in [6, 6.07) is 2.91. The van der Waals surface area contributed by atoms with Crippen molar-refractivity contribution in [2.45, 2.75) is 6.04 Å². The van der Waals surface area contributed by atoms with E-state index in [4.69, 9.17) is 5.73 Å². The quantitative estimate of drug-likeness (QED) is 0.870. The second kappa shape index (κ2) is 5.01. The predicted octanol–water partition coefficient (Wildman–Crippen LogP) is 0.684. The first-order valence-corrected chi connectivity index (χ1v) is 8.75. The van der Waals surface area contributed by atoms with Crippen LogP contribution >= 0.6 is 15.9 Å². The zero-order valence-corrected chi connectivity index (χ0v) is 13.8. The van der Waals surface area contributed by atoms with E-state index in [1.807, 2.05) is 0 Å². The van der Waals surface area contributed by atoms with E-state index in [2.05, 4.69) is 15.9 Å². The molecule has 1 aromatic carbocycles. The molecule has 20 heavy (non-hydrogen) atoms. The Balaban J connectivity index is 2.64. The number of aromatic nitrogens is 2. The lowest BCUT2D eigenvalue weighted by molar-refractivity contribution is 0.594. The molecule has 0 spiro atoms. The van der Waals surface area contributed by atoms with Crippen molar-refractivity contribution in [2.24, 2.45) is 19.8 Å². The number of hydrogen-bond donors (Lipinski definition) is 1. The number of fused-ring (bicyclic) bond motifs is 1. The van der Waals surface area contributed by atoms with Gasteiger partial charge in [0.2, 0.25) is 0 Å². The minimum absolute atomic E-state index is 0.138. The van der Waals surface area contributed by atoms with Crippen LogP contribution in [0.4, 0.5) is 0 Å². The molecule has 0 saturated heterocycles. The Labute approximate surface area is 125 Å². The summed E-state index contributed by atoms with van der Waals surface area (Å²) in [7, 11) is 0.185. The standard InChI is InChI=1S/C12H16BrN3O3S/c1-15-10-4-7(9(14)6-20(3,18)19)8(13)5-11(10)16(2)12(15)17/h4-5,9H,6,14H2,1-3H3. The molecule has 2 rings (SSSR count). The molecule has 2 N–H and O–H groups in total. The molecule has 1 aromatic heterocycles. The van der Waals surface area contributed by atoms with E-state index < -0.39 is 15.9 Å². The number of halogens is 1. The van der Waals surface area contributed by atoms with Gasteiger partial charge in [-0.2, -0.15) is 0 Å². The van der Waals surface area contributed by atoms with E-state index in [0.29, 0.717) is 10.0 Å². The maximum atomic E-state index is 11.9. The smallest absolute Gasteiger partial charge is 0.323 e. The number of sulfone groups is 1. The molecule has 110 valence electrons. The molecular weight excluding hydrogens is 346 g/mol. The molecule has 2 aromatic rings. The first-order chi connectivity index (χ1) is 9.11. The van der Waals surface area contributed by atoms with Gasteiger partial charge in [-0.1, -0.05) is 15.9 Å². The summed E-state index contributed by atoms with van der Waals surface area (Å²) in [4.78, 5) is 11.9. The first-order valence-electron chi connectivity index (χ1n) is 5.90. The van der Waals surface area contributed by atoms with Crippen molar-refractivity contribution in [1.29, 1.82) is 0 Å². The largest absolute Gasteiger partial charge is 0.328 e. The molecule has 0 fully saturated rings. The van der Waals surface area contributed by atoms with Crippen molar-refractivity contribution in [3.05, 3.63) is 32.7 Å². The number of benzene rings is 1. The average molecular weight is 362 g/mol. The molecule has 0 aliphatic heterocycles. The van der Waals surface area contributed by atoms with Crippen LogP contribution in [0.3, 0.4) is 0 Å². The summed E-state index contributed by atoms with van der Waals surface area (Å²) in [5.74, 6) is -0.141. The van der Waals surface area contributed by atoms with E-state index in [0.717, 1.165) is 17.3 Å². The van der Waals surface area contributed by atoms with Gasteiger partial charge in [-0.05, 0) is 17.7 Å². The van der Waals surface area contributed by atoms with Gasteiger partial charge in [-0.3, -0.25) is 9.13 Å². The molecule has 0 aliphatic rings. The Bertz CT molecular complexity index is 836. The molecule has 0 bridgehead atoms. The van der Waals surface area contributed by atoms with Crippen molar-refractivity contribution >= 4 is 36.8 Å². The Morgan fingerprint density at radius 2 is 1.75 bits per heavy atom. The van der Waals surface area contributed by atoms with Crippen molar-refractivity contribution in [2.75, 3.05) is 12.0 Å². The van der Waals surface area contributed by atoms with Crippen LogP contribution in [0, 0.1) is 0 Å². The van der Waals surface area contributed by atoms with Crippen LogP contribution in [0.1, 0.15) is 11.6 Å². The van der Waals surface area contributed by atoms with E-state index >= 15 is 0 Å². The monoisotopic (exact) mass is 361 g/mol. The number of aryl methyl sites for hydroxylation is 2. The van der Waals surface area contributed by atoms with Crippen LogP contribution in [-0.2, 0) is 23.9 Å². The first kappa shape index (κ1) is 15.3. The van der Waals surface area contributed by atoms with E-state index in [9.17, 15) is 13.2 Å². The molecule has 0 radical (unpaired) electrons. The lowest BCUT2D eigenvalue weighted by atomic mass is 10.1. The fraction of sp³-hybridized carbons (Fsp3) is 0.417. The Morgan fingerprint density at radius 3 is 2.25 bits per heavy atom. The van der Waals surface area contributed by atoms with Gasteiger partial charge < -0.3 is 5.73 Å². The Kier molecular flexibility index (Phi) is 3.83. The number of nitrogens with zero attached hydrogens (tertiary/aromatic N) is 2. The van der Waals surface area contributed by atoms with E-state index in [-0.39, 0.29) is 11.4 Å². The summed E-state index contributed by atoms with van der Waals surface area (Å²) < 4.78 is 26.5. The van der Waals surface area contributed by atoms with Gasteiger partial charge in [0, 0.05) is 30.9 Å². The van der Waals surface area contributed by atoms with Crippen molar-refractivity contribution in [1.82, 2.24) is 9.13 Å². The lowest BCUT2D eigenvalue weighted by Crippen LogP contribution is -2.21. The highest BCUT2D eigenvalue weighted by molar-refractivity contribution is 9.10. The molecule has 1 atom stereocenters. The SMILES string of the molecule is Cn1c(=O)n(C)c2cc(C(N)CS(C)(=O)=O)c(Br)cc21. The molecule has 1 unspecified atom stereocenters. The summed E-state index contributed by atoms with van der Waals surface area (Å²) in [5.41, 5.74) is 7.98. The minimum Gasteiger partial charge on any atom is -0.323 e. The zero-order chi connectivity index (χ0) is 15.2. The summed E-state index contributed by atoms with van der Waals surface area (Å²) in [5, 5.41) is 0. The van der Waals surface area contributed by atoms with Crippen molar-refractivity contribution in [3.63, 3.8) is 0 Å². The summed E-state index contributed by atoms with van der Waals surface area (Å²) in [6.45, 7) is 0. The summed E-state index contributed by atoms with van der Waals surface area (Å²) in [6.07, 6.45) is 1.15. The predicted molar refractivity (Wildman–Crippen MR) is 82.5 cm³/mol. The van der Waals surface area contributed by atoms with Crippen molar-refractivity contribution in [3.8, 4) is 0 Å². The van der Waals surface area contributed by atoms with Crippen LogP contribution in [0.2, 0.25) is 0 Å². The van der Waals surface area contributed by atoms with Crippen LogP contribution in [0.25, 0.3) is 11.0 Å². The molecule has 8 heteroatoms. The highest BCUT2D eigenvalue weighted by Gasteiger charge is 2.18. The fourth-order valence-electron chi connectivity index (χ4n) is 2.24. The molecule has 1 heterocycles. The van der Waals surface area contributed by atoms with Gasteiger partial charge in [0.15, 0.2) is 0 Å². The van der Waals surface area contributed by atoms with Gasteiger partial charge in [0.1, 0.15) is 9.84 Å². The number of imidazole rings is 1. The van der Waals surface area contributed by atoms with Gasteiger partial charge in [0.25, 0.3) is 0 Å². The normalized spacial score (nSPS) is 13.8. The number of nitrogens with two attached hydrogens (primary N) is 1. The van der Waals surface area contributed by atoms with Crippen LogP contribution < -0.4 is 11.4 Å². The van der Waals surface area contributed by atoms with Crippen molar-refractivity contribution < 1.29 is 8.42 Å². The maximum Gasteiger partial charge on any atom is 0.328 e. The third-order valence-electron chi connectivity index (χ3n) is 3.27. The fourth-order valence-corrected chi connectivity index (χ4v) is 3.69. The maximum absolute atomic E-state index is 11.9. The Hall–Kier alpha value is -1.12. The number of rotatable bonds is 3. The topological polar surface area (TPSA) is 87.1 Å². The molecular formula is C12H16BrN3O3S. The van der Waals surface area contributed by atoms with Gasteiger partial charge >= 0.3 is 5.69 Å². The lowest BCUT2D eigenvalue weighted by Gasteiger charge is -2.13. The second-order valence-corrected chi connectivity index (χ2v) is 8.00. The third kappa shape index (κ3) is 2.68. The van der Waals surface area contributed by atoms with E-state index in [1.165, 1.54) is 9.13 Å². The zero-order valence-electron chi connectivity index (χ0n) is 11.4. The molecule has 6 nitrogen and oxygen atoms in total. The van der Waals surface area contributed by atoms with Crippen LogP contribution in [0.15, 0.2) is 21.4 Å². The van der Waals surface area contributed by atoms with Gasteiger partial charge in [-0.15, -0.1) is 0 Å². The van der Waals surface area contributed by atoms with Crippen LogP contribution in [0.5, 0.6) is 0 Å². The molecule has 0 aliphatic carbocycles. The highest BCUT2D eigenvalue weighted by atomic mass is 79.9. The van der Waals surface area contributed by atoms with Gasteiger partial charge in [-0.25, -0.2) is 13.2 Å². The molecule has 0 saturated carbocycles. The highest BCUT2D eigenvalue weighted by Crippen LogP contribution is 2.28. The van der Waals surface area contributed by atoms with Gasteiger partial charge in [0.05, 0.1) is 16.8 Å².